The van der Waals surface area contributed by atoms with Crippen molar-refractivity contribution in [3.8, 4) is 0 Å². The fraction of sp³-hybridized carbons (Fsp3) is 0.294. The highest BCUT2D eigenvalue weighted by atomic mass is 15.1. The Morgan fingerprint density at radius 3 is 1.40 bits per heavy atom. The Balaban J connectivity index is 2.43. The maximum atomic E-state index is 5.80. The maximum absolute atomic E-state index is 5.80. The lowest BCUT2D eigenvalue weighted by atomic mass is 9.96. The van der Waals surface area contributed by atoms with Gasteiger partial charge in [0.15, 0.2) is 0 Å². The summed E-state index contributed by atoms with van der Waals surface area (Å²) in [4.78, 5) is 2.43. The molecule has 0 spiro atoms. The van der Waals surface area contributed by atoms with Gasteiger partial charge in [-0.15, -0.1) is 0 Å². The van der Waals surface area contributed by atoms with Gasteiger partial charge in [0.2, 0.25) is 0 Å². The first-order chi connectivity index (χ1) is 9.65. The van der Waals surface area contributed by atoms with Crippen molar-refractivity contribution < 1.29 is 0 Å². The highest BCUT2D eigenvalue weighted by Crippen LogP contribution is 2.29. The summed E-state index contributed by atoms with van der Waals surface area (Å²) in [6.07, 6.45) is 0. The summed E-state index contributed by atoms with van der Waals surface area (Å²) in [5.74, 6) is 0. The molecular formula is C17H23N3. The van der Waals surface area contributed by atoms with Crippen LogP contribution in [0.15, 0.2) is 48.5 Å². The molecule has 3 nitrogen and oxygen atoms in total. The highest BCUT2D eigenvalue weighted by molar-refractivity contribution is 5.45. The molecular weight excluding hydrogens is 246 g/mol. The van der Waals surface area contributed by atoms with Gasteiger partial charge in [0.05, 0.1) is 6.04 Å². The zero-order chi connectivity index (χ0) is 14.5. The molecule has 0 aliphatic carbocycles. The minimum Gasteiger partial charge on any atom is -0.399 e. The normalized spacial score (nSPS) is 11.2. The van der Waals surface area contributed by atoms with Crippen molar-refractivity contribution in [1.82, 2.24) is 4.90 Å². The van der Waals surface area contributed by atoms with Crippen LogP contribution in [-0.4, -0.2) is 18.0 Å². The monoisotopic (exact) mass is 269 g/mol. The lowest BCUT2D eigenvalue weighted by molar-refractivity contribution is 0.250. The molecule has 0 aliphatic rings. The van der Waals surface area contributed by atoms with E-state index in [0.717, 1.165) is 24.5 Å². The number of nitrogen functional groups attached to an aromatic ring is 2. The van der Waals surface area contributed by atoms with Gasteiger partial charge >= 0.3 is 0 Å². The van der Waals surface area contributed by atoms with E-state index in [1.807, 2.05) is 24.3 Å². The molecule has 0 heterocycles. The SMILES string of the molecule is CCN(CC)C(c1ccc(N)cc1)c1ccc(N)cc1. The second-order valence-electron chi connectivity index (χ2n) is 4.96. The van der Waals surface area contributed by atoms with Gasteiger partial charge in [0.25, 0.3) is 0 Å². The molecule has 0 bridgehead atoms. The highest BCUT2D eigenvalue weighted by Gasteiger charge is 2.19. The summed E-state index contributed by atoms with van der Waals surface area (Å²) in [7, 11) is 0. The van der Waals surface area contributed by atoms with Crippen LogP contribution in [0, 0.1) is 0 Å². The number of benzene rings is 2. The fourth-order valence-electron chi connectivity index (χ4n) is 2.56. The summed E-state index contributed by atoms with van der Waals surface area (Å²) in [5, 5.41) is 0. The minimum absolute atomic E-state index is 0.242. The van der Waals surface area contributed by atoms with Crippen molar-refractivity contribution in [3.63, 3.8) is 0 Å². The van der Waals surface area contributed by atoms with Gasteiger partial charge in [-0.1, -0.05) is 38.1 Å². The lowest BCUT2D eigenvalue weighted by Gasteiger charge is -2.30. The largest absolute Gasteiger partial charge is 0.399 e. The maximum Gasteiger partial charge on any atom is 0.0601 e. The summed E-state index contributed by atoms with van der Waals surface area (Å²) in [5.41, 5.74) is 15.7. The van der Waals surface area contributed by atoms with Crippen molar-refractivity contribution in [3.05, 3.63) is 59.7 Å². The number of nitrogens with two attached hydrogens (primary N) is 2. The standard InChI is InChI=1S/C17H23N3/c1-3-20(4-2)17(13-5-9-15(18)10-6-13)14-7-11-16(19)12-8-14/h5-12,17H,3-4,18-19H2,1-2H3. The van der Waals surface area contributed by atoms with Crippen LogP contribution >= 0.6 is 0 Å². The molecule has 0 saturated heterocycles. The van der Waals surface area contributed by atoms with E-state index in [9.17, 15) is 0 Å². The molecule has 0 unspecified atom stereocenters. The third kappa shape index (κ3) is 3.11. The Hall–Kier alpha value is -2.00. The van der Waals surface area contributed by atoms with Crippen LogP contribution in [0.2, 0.25) is 0 Å². The van der Waals surface area contributed by atoms with E-state index in [4.69, 9.17) is 11.5 Å². The fourth-order valence-corrected chi connectivity index (χ4v) is 2.56. The number of hydrogen-bond acceptors (Lipinski definition) is 3. The van der Waals surface area contributed by atoms with Gasteiger partial charge in [-0.25, -0.2) is 0 Å². The van der Waals surface area contributed by atoms with Crippen LogP contribution in [0.25, 0.3) is 0 Å². The van der Waals surface area contributed by atoms with Crippen LogP contribution in [-0.2, 0) is 0 Å². The van der Waals surface area contributed by atoms with Crippen molar-refractivity contribution in [2.24, 2.45) is 0 Å². The quantitative estimate of drug-likeness (QED) is 0.819. The average molecular weight is 269 g/mol. The Kier molecular flexibility index (Phi) is 4.64. The summed E-state index contributed by atoms with van der Waals surface area (Å²) < 4.78 is 0. The van der Waals surface area contributed by atoms with E-state index in [2.05, 4.69) is 43.0 Å². The van der Waals surface area contributed by atoms with Crippen LogP contribution < -0.4 is 11.5 Å². The molecule has 0 saturated carbocycles. The number of anilines is 2. The smallest absolute Gasteiger partial charge is 0.0601 e. The van der Waals surface area contributed by atoms with Crippen molar-refractivity contribution in [2.45, 2.75) is 19.9 Å². The third-order valence-corrected chi connectivity index (χ3v) is 3.68. The van der Waals surface area contributed by atoms with E-state index in [1.54, 1.807) is 0 Å². The molecule has 0 fully saturated rings. The Labute approximate surface area is 121 Å². The Morgan fingerprint density at radius 2 is 1.10 bits per heavy atom. The number of rotatable bonds is 5. The first-order valence-corrected chi connectivity index (χ1v) is 7.10. The van der Waals surface area contributed by atoms with Gasteiger partial charge in [-0.05, 0) is 48.5 Å². The van der Waals surface area contributed by atoms with E-state index in [-0.39, 0.29) is 6.04 Å². The molecule has 20 heavy (non-hydrogen) atoms. The summed E-state index contributed by atoms with van der Waals surface area (Å²) in [6.45, 7) is 6.36. The molecule has 0 amide bonds. The molecule has 0 radical (unpaired) electrons. The van der Waals surface area contributed by atoms with E-state index in [1.165, 1.54) is 11.1 Å². The van der Waals surface area contributed by atoms with Crippen molar-refractivity contribution >= 4 is 11.4 Å². The first kappa shape index (κ1) is 14.4. The van der Waals surface area contributed by atoms with Gasteiger partial charge in [0.1, 0.15) is 0 Å². The topological polar surface area (TPSA) is 55.3 Å². The van der Waals surface area contributed by atoms with E-state index in [0.29, 0.717) is 0 Å². The van der Waals surface area contributed by atoms with Crippen LogP contribution in [0.4, 0.5) is 11.4 Å². The second-order valence-corrected chi connectivity index (χ2v) is 4.96. The van der Waals surface area contributed by atoms with Gasteiger partial charge in [-0.3, -0.25) is 4.90 Å². The van der Waals surface area contributed by atoms with Crippen LogP contribution in [0.3, 0.4) is 0 Å². The summed E-state index contributed by atoms with van der Waals surface area (Å²) in [6, 6.07) is 16.5. The zero-order valence-electron chi connectivity index (χ0n) is 12.2. The zero-order valence-corrected chi connectivity index (χ0v) is 12.2. The summed E-state index contributed by atoms with van der Waals surface area (Å²) >= 11 is 0. The predicted molar refractivity (Wildman–Crippen MR) is 86.5 cm³/mol. The number of hydrogen-bond donors (Lipinski definition) is 2. The molecule has 4 N–H and O–H groups in total. The number of nitrogens with zero attached hydrogens (tertiary/aromatic N) is 1. The van der Waals surface area contributed by atoms with Crippen LogP contribution in [0.1, 0.15) is 31.0 Å². The van der Waals surface area contributed by atoms with Crippen molar-refractivity contribution in [1.29, 1.82) is 0 Å². The van der Waals surface area contributed by atoms with E-state index < -0.39 is 0 Å². The third-order valence-electron chi connectivity index (χ3n) is 3.68. The molecule has 0 aliphatic heterocycles. The average Bonchev–Trinajstić information content (AvgIpc) is 2.47. The Morgan fingerprint density at radius 1 is 0.750 bits per heavy atom. The predicted octanol–water partition coefficient (Wildman–Crippen LogP) is 3.28. The lowest BCUT2D eigenvalue weighted by Crippen LogP contribution is -2.29. The van der Waals surface area contributed by atoms with Crippen molar-refractivity contribution in [2.75, 3.05) is 24.6 Å². The first-order valence-electron chi connectivity index (χ1n) is 7.10. The minimum atomic E-state index is 0.242. The van der Waals surface area contributed by atoms with Gasteiger partial charge in [-0.2, -0.15) is 0 Å². The molecule has 3 heteroatoms. The Bertz CT molecular complexity index is 482. The molecule has 2 rings (SSSR count). The van der Waals surface area contributed by atoms with E-state index >= 15 is 0 Å². The molecule has 2 aromatic rings. The molecule has 0 aromatic heterocycles. The van der Waals surface area contributed by atoms with Crippen LogP contribution in [0.5, 0.6) is 0 Å². The van der Waals surface area contributed by atoms with Gasteiger partial charge < -0.3 is 11.5 Å². The molecule has 106 valence electrons. The molecule has 2 aromatic carbocycles. The van der Waals surface area contributed by atoms with Gasteiger partial charge in [0, 0.05) is 11.4 Å². The molecule has 0 atom stereocenters. The second kappa shape index (κ2) is 6.44.